The minimum atomic E-state index is 0.0410. The molecule has 1 aliphatic rings. The summed E-state index contributed by atoms with van der Waals surface area (Å²) in [7, 11) is 0. The fourth-order valence-electron chi connectivity index (χ4n) is 2.45. The summed E-state index contributed by atoms with van der Waals surface area (Å²) in [6.07, 6.45) is 6.42. The van der Waals surface area contributed by atoms with Gasteiger partial charge in [-0.15, -0.1) is 0 Å². The van der Waals surface area contributed by atoms with Gasteiger partial charge < -0.3 is 9.63 Å². The molecule has 2 aromatic rings. The van der Waals surface area contributed by atoms with E-state index >= 15 is 0 Å². The lowest BCUT2D eigenvalue weighted by Gasteiger charge is -2.00. The number of rotatable bonds is 4. The van der Waals surface area contributed by atoms with E-state index in [1.807, 2.05) is 0 Å². The van der Waals surface area contributed by atoms with Crippen LogP contribution in [0.25, 0.3) is 11.4 Å². The van der Waals surface area contributed by atoms with E-state index in [4.69, 9.17) is 9.63 Å². The van der Waals surface area contributed by atoms with E-state index in [2.05, 4.69) is 31.2 Å². The molecule has 0 unspecified atom stereocenters. The molecular weight excluding hydrogens is 312 g/mol. The first-order valence-corrected chi connectivity index (χ1v) is 7.25. The lowest BCUT2D eigenvalue weighted by atomic mass is 10.1. The van der Waals surface area contributed by atoms with Gasteiger partial charge >= 0.3 is 0 Å². The first kappa shape index (κ1) is 12.8. The van der Waals surface area contributed by atoms with Gasteiger partial charge in [-0.05, 0) is 28.8 Å². The molecule has 6 nitrogen and oxygen atoms in total. The average Bonchev–Trinajstić information content (AvgIpc) is 3.10. The molecule has 0 saturated heterocycles. The maximum atomic E-state index is 8.94. The van der Waals surface area contributed by atoms with Crippen LogP contribution in [-0.4, -0.2) is 31.6 Å². The van der Waals surface area contributed by atoms with Crippen molar-refractivity contribution in [3.63, 3.8) is 0 Å². The Balaban J connectivity index is 1.85. The molecule has 1 N–H and O–H groups in total. The summed E-state index contributed by atoms with van der Waals surface area (Å²) in [5.74, 6) is 1.69. The third-order valence-corrected chi connectivity index (χ3v) is 4.31. The Bertz CT molecular complexity index is 560. The van der Waals surface area contributed by atoms with Gasteiger partial charge in [0, 0.05) is 5.92 Å². The van der Waals surface area contributed by atoms with Crippen molar-refractivity contribution >= 4 is 15.9 Å². The van der Waals surface area contributed by atoms with Crippen molar-refractivity contribution in [1.29, 1.82) is 0 Å². The summed E-state index contributed by atoms with van der Waals surface area (Å²) >= 11 is 3.45. The molecule has 3 rings (SSSR count). The molecule has 0 aromatic carbocycles. The summed E-state index contributed by atoms with van der Waals surface area (Å²) in [4.78, 5) is 4.47. The largest absolute Gasteiger partial charge is 0.394 e. The number of hydrogen-bond acceptors (Lipinski definition) is 5. The fraction of sp³-hybridized carbons (Fsp3) is 0.583. The van der Waals surface area contributed by atoms with Crippen LogP contribution in [0.2, 0.25) is 0 Å². The second kappa shape index (κ2) is 5.42. The van der Waals surface area contributed by atoms with Gasteiger partial charge in [-0.2, -0.15) is 10.1 Å². The van der Waals surface area contributed by atoms with Gasteiger partial charge in [0.25, 0.3) is 0 Å². The Morgan fingerprint density at radius 3 is 2.95 bits per heavy atom. The predicted octanol–water partition coefficient (Wildman–Crippen LogP) is 2.35. The fourth-order valence-corrected chi connectivity index (χ4v) is 3.00. The van der Waals surface area contributed by atoms with Crippen LogP contribution in [0.5, 0.6) is 0 Å². The third-order valence-electron chi connectivity index (χ3n) is 3.47. The van der Waals surface area contributed by atoms with Crippen LogP contribution >= 0.6 is 15.9 Å². The highest BCUT2D eigenvalue weighted by Gasteiger charge is 2.24. The maximum Gasteiger partial charge on any atom is 0.230 e. The van der Waals surface area contributed by atoms with Crippen LogP contribution in [0.4, 0.5) is 0 Å². The van der Waals surface area contributed by atoms with E-state index < -0.39 is 0 Å². The van der Waals surface area contributed by atoms with Crippen LogP contribution < -0.4 is 0 Å². The number of nitrogens with zero attached hydrogens (tertiary/aromatic N) is 4. The van der Waals surface area contributed by atoms with Crippen LogP contribution in [0.15, 0.2) is 15.3 Å². The maximum absolute atomic E-state index is 8.94. The highest BCUT2D eigenvalue weighted by Crippen LogP contribution is 2.34. The Kier molecular flexibility index (Phi) is 3.65. The van der Waals surface area contributed by atoms with E-state index in [0.717, 1.165) is 28.9 Å². The summed E-state index contributed by atoms with van der Waals surface area (Å²) in [5.41, 5.74) is 0.793. The molecule has 102 valence electrons. The van der Waals surface area contributed by atoms with Crippen LogP contribution in [0.3, 0.4) is 0 Å². The van der Waals surface area contributed by atoms with Crippen molar-refractivity contribution in [2.24, 2.45) is 0 Å². The molecule has 0 atom stereocenters. The minimum absolute atomic E-state index is 0.0410. The van der Waals surface area contributed by atoms with Gasteiger partial charge in [0.2, 0.25) is 11.7 Å². The summed E-state index contributed by atoms with van der Waals surface area (Å²) in [6.45, 7) is 0.479. The number of aliphatic hydroxyl groups is 1. The van der Waals surface area contributed by atoms with E-state index in [1.54, 1.807) is 10.9 Å². The van der Waals surface area contributed by atoms with E-state index in [9.17, 15) is 0 Å². The molecule has 2 heterocycles. The summed E-state index contributed by atoms with van der Waals surface area (Å²) in [5, 5.41) is 17.2. The lowest BCUT2D eigenvalue weighted by Crippen LogP contribution is -2.03. The predicted molar refractivity (Wildman–Crippen MR) is 71.5 cm³/mol. The standard InChI is InChI=1S/C12H15BrN4O2/c13-10-9(7-14-17(10)5-6-18)11-15-12(19-16-11)8-3-1-2-4-8/h7-8,18H,1-6H2. The molecule has 1 fully saturated rings. The number of halogens is 1. The average molecular weight is 327 g/mol. The second-order valence-corrected chi connectivity index (χ2v) is 5.48. The van der Waals surface area contributed by atoms with Crippen LogP contribution in [-0.2, 0) is 6.54 Å². The first-order valence-electron chi connectivity index (χ1n) is 6.45. The van der Waals surface area contributed by atoms with Crippen molar-refractivity contribution in [1.82, 2.24) is 19.9 Å². The van der Waals surface area contributed by atoms with Gasteiger partial charge in [-0.3, -0.25) is 4.68 Å². The zero-order valence-electron chi connectivity index (χ0n) is 10.4. The smallest absolute Gasteiger partial charge is 0.230 e. The van der Waals surface area contributed by atoms with Crippen LogP contribution in [0, 0.1) is 0 Å². The number of hydrogen-bond donors (Lipinski definition) is 1. The van der Waals surface area contributed by atoms with E-state index in [1.165, 1.54) is 12.8 Å². The van der Waals surface area contributed by atoms with Crippen molar-refractivity contribution in [3.05, 3.63) is 16.7 Å². The molecule has 19 heavy (non-hydrogen) atoms. The quantitative estimate of drug-likeness (QED) is 0.933. The molecule has 0 radical (unpaired) electrons. The van der Waals surface area contributed by atoms with Crippen molar-refractivity contribution in [3.8, 4) is 11.4 Å². The Morgan fingerprint density at radius 2 is 2.21 bits per heavy atom. The van der Waals surface area contributed by atoms with Gasteiger partial charge in [0.05, 0.1) is 24.9 Å². The molecule has 0 spiro atoms. The molecule has 0 bridgehead atoms. The van der Waals surface area contributed by atoms with Crippen LogP contribution in [0.1, 0.15) is 37.5 Å². The van der Waals surface area contributed by atoms with Crippen molar-refractivity contribution in [2.75, 3.05) is 6.61 Å². The van der Waals surface area contributed by atoms with Gasteiger partial charge in [-0.25, -0.2) is 0 Å². The molecular formula is C12H15BrN4O2. The monoisotopic (exact) mass is 326 g/mol. The molecule has 0 aliphatic heterocycles. The van der Waals surface area contributed by atoms with E-state index in [0.29, 0.717) is 18.3 Å². The van der Waals surface area contributed by atoms with Gasteiger partial charge in [-0.1, -0.05) is 18.0 Å². The highest BCUT2D eigenvalue weighted by atomic mass is 79.9. The SMILES string of the molecule is OCCn1ncc(-c2noc(C3CCCC3)n2)c1Br. The minimum Gasteiger partial charge on any atom is -0.394 e. The zero-order chi connectivity index (χ0) is 13.2. The first-order chi connectivity index (χ1) is 9.29. The highest BCUT2D eigenvalue weighted by molar-refractivity contribution is 9.10. The Labute approximate surface area is 118 Å². The van der Waals surface area contributed by atoms with Crippen molar-refractivity contribution in [2.45, 2.75) is 38.1 Å². The van der Waals surface area contributed by atoms with Crippen molar-refractivity contribution < 1.29 is 9.63 Å². The molecule has 1 saturated carbocycles. The lowest BCUT2D eigenvalue weighted by molar-refractivity contribution is 0.268. The van der Waals surface area contributed by atoms with Gasteiger partial charge in [0.1, 0.15) is 4.60 Å². The third kappa shape index (κ3) is 2.44. The number of aliphatic hydroxyl groups excluding tert-OH is 1. The van der Waals surface area contributed by atoms with Gasteiger partial charge in [0.15, 0.2) is 0 Å². The summed E-state index contributed by atoms with van der Waals surface area (Å²) in [6, 6.07) is 0. The molecule has 2 aromatic heterocycles. The summed E-state index contributed by atoms with van der Waals surface area (Å²) < 4.78 is 7.79. The molecule has 0 amide bonds. The Morgan fingerprint density at radius 1 is 1.42 bits per heavy atom. The molecule has 1 aliphatic carbocycles. The van der Waals surface area contributed by atoms with E-state index in [-0.39, 0.29) is 6.61 Å². The Hall–Kier alpha value is -1.21. The number of aromatic nitrogens is 4. The second-order valence-electron chi connectivity index (χ2n) is 4.73. The zero-order valence-corrected chi connectivity index (χ0v) is 12.0. The topological polar surface area (TPSA) is 77.0 Å². The normalized spacial score (nSPS) is 16.3. The molecule has 7 heteroatoms.